The van der Waals surface area contributed by atoms with Gasteiger partial charge in [0.05, 0.1) is 0 Å². The van der Waals surface area contributed by atoms with Gasteiger partial charge in [-0.3, -0.25) is 4.79 Å². The molecule has 0 aromatic heterocycles. The Hall–Kier alpha value is -0.240. The minimum atomic E-state index is 0.326. The first-order valence-corrected chi connectivity index (χ1v) is 4.76. The Kier molecular flexibility index (Phi) is 1.80. The second-order valence-electron chi connectivity index (χ2n) is 3.50. The number of hydrogen-bond donors (Lipinski definition) is 1. The van der Waals surface area contributed by atoms with Gasteiger partial charge in [-0.25, -0.2) is 0 Å². The highest BCUT2D eigenvalue weighted by Gasteiger charge is 2.37. The zero-order valence-electron chi connectivity index (χ0n) is 6.42. The van der Waals surface area contributed by atoms with Gasteiger partial charge in [0.2, 0.25) is 0 Å². The Labute approximate surface area is 72.3 Å². The quantitative estimate of drug-likeness (QED) is 0.492. The van der Waals surface area contributed by atoms with Gasteiger partial charge in [0, 0.05) is 11.7 Å². The molecule has 0 spiro atoms. The summed E-state index contributed by atoms with van der Waals surface area (Å²) in [7, 11) is 0. The Balaban J connectivity index is 2.09. The van der Waals surface area contributed by atoms with E-state index in [9.17, 15) is 4.79 Å². The number of carbonyl (C=O) groups is 1. The van der Waals surface area contributed by atoms with Crippen molar-refractivity contribution in [1.29, 1.82) is 0 Å². The largest absolute Gasteiger partial charge is 0.298 e. The summed E-state index contributed by atoms with van der Waals surface area (Å²) >= 11 is 4.02. The van der Waals surface area contributed by atoms with E-state index in [4.69, 9.17) is 0 Å². The van der Waals surface area contributed by atoms with Crippen molar-refractivity contribution in [2.45, 2.75) is 19.3 Å². The molecule has 2 atom stereocenters. The Morgan fingerprint density at radius 1 is 1.64 bits per heavy atom. The molecule has 1 nitrogen and oxygen atoms in total. The maximum absolute atomic E-state index is 11.3. The predicted octanol–water partition coefficient (Wildman–Crippen LogP) is 1.84. The van der Waals surface area contributed by atoms with Crippen molar-refractivity contribution in [2.24, 2.45) is 11.8 Å². The number of allylic oxidation sites excluding steroid dienone is 2. The molecular formula is C9H12OS. The van der Waals surface area contributed by atoms with E-state index in [0.29, 0.717) is 23.4 Å². The summed E-state index contributed by atoms with van der Waals surface area (Å²) in [5, 5.41) is 0. The Morgan fingerprint density at radius 2 is 2.45 bits per heavy atom. The smallest absolute Gasteiger partial charge is 0.146 e. The molecule has 0 saturated heterocycles. The first kappa shape index (κ1) is 7.41. The molecule has 0 heterocycles. The van der Waals surface area contributed by atoms with Gasteiger partial charge in [-0.15, -0.1) is 0 Å². The third-order valence-corrected chi connectivity index (χ3v) is 3.17. The van der Waals surface area contributed by atoms with Crippen LogP contribution in [0.15, 0.2) is 11.6 Å². The first-order chi connectivity index (χ1) is 5.31. The lowest BCUT2D eigenvalue weighted by molar-refractivity contribution is -0.121. The van der Waals surface area contributed by atoms with Crippen LogP contribution >= 0.6 is 12.6 Å². The molecule has 2 rings (SSSR count). The summed E-state index contributed by atoms with van der Waals surface area (Å²) in [5.74, 6) is 1.74. The highest BCUT2D eigenvalue weighted by Crippen LogP contribution is 2.44. The third-order valence-electron chi connectivity index (χ3n) is 2.85. The number of ketones is 1. The van der Waals surface area contributed by atoms with E-state index in [1.54, 1.807) is 0 Å². The van der Waals surface area contributed by atoms with E-state index >= 15 is 0 Å². The molecule has 0 N–H and O–H groups in total. The number of thiol groups is 1. The topological polar surface area (TPSA) is 17.1 Å². The fraction of sp³-hybridized carbons (Fsp3) is 0.667. The number of Topliss-reactive ketones (excluding diaryl/α,β-unsaturated/α-hetero) is 1. The van der Waals surface area contributed by atoms with Crippen molar-refractivity contribution < 1.29 is 4.79 Å². The van der Waals surface area contributed by atoms with Crippen LogP contribution in [0.2, 0.25) is 0 Å². The molecule has 2 aliphatic carbocycles. The van der Waals surface area contributed by atoms with Crippen LogP contribution in [0.3, 0.4) is 0 Å². The average molecular weight is 168 g/mol. The van der Waals surface area contributed by atoms with Crippen LogP contribution in [0.25, 0.3) is 0 Å². The van der Waals surface area contributed by atoms with Gasteiger partial charge in [-0.05, 0) is 25.2 Å². The van der Waals surface area contributed by atoms with Crippen molar-refractivity contribution in [3.8, 4) is 0 Å². The molecule has 1 saturated carbocycles. The van der Waals surface area contributed by atoms with Gasteiger partial charge in [0.1, 0.15) is 5.78 Å². The molecule has 0 radical (unpaired) electrons. The zero-order valence-corrected chi connectivity index (χ0v) is 7.31. The number of fused-ring (bicyclic) bond motifs is 2. The minimum Gasteiger partial charge on any atom is -0.298 e. The van der Waals surface area contributed by atoms with Gasteiger partial charge in [-0.1, -0.05) is 11.6 Å². The Morgan fingerprint density at radius 3 is 2.91 bits per heavy atom. The molecule has 0 aliphatic heterocycles. The van der Waals surface area contributed by atoms with Gasteiger partial charge in [-0.2, -0.15) is 12.6 Å². The SMILES string of the molecule is O=C(CS)C1CC2=CCC1C2. The summed E-state index contributed by atoms with van der Waals surface area (Å²) in [4.78, 5) is 11.3. The lowest BCUT2D eigenvalue weighted by Crippen LogP contribution is -2.20. The van der Waals surface area contributed by atoms with Crippen molar-refractivity contribution in [2.75, 3.05) is 5.75 Å². The summed E-state index contributed by atoms with van der Waals surface area (Å²) in [6.07, 6.45) is 5.65. The molecule has 0 aromatic carbocycles. The van der Waals surface area contributed by atoms with Crippen molar-refractivity contribution in [3.63, 3.8) is 0 Å². The zero-order chi connectivity index (χ0) is 7.84. The van der Waals surface area contributed by atoms with Crippen LogP contribution in [0.1, 0.15) is 19.3 Å². The lowest BCUT2D eigenvalue weighted by Gasteiger charge is -2.15. The van der Waals surface area contributed by atoms with Crippen molar-refractivity contribution in [3.05, 3.63) is 11.6 Å². The van der Waals surface area contributed by atoms with Crippen molar-refractivity contribution >= 4 is 18.4 Å². The van der Waals surface area contributed by atoms with Crippen LogP contribution in [-0.4, -0.2) is 11.5 Å². The fourth-order valence-electron chi connectivity index (χ4n) is 2.24. The molecule has 0 amide bonds. The molecule has 2 heteroatoms. The van der Waals surface area contributed by atoms with E-state index in [-0.39, 0.29) is 0 Å². The molecule has 1 fully saturated rings. The number of hydrogen-bond acceptors (Lipinski definition) is 2. The van der Waals surface area contributed by atoms with Gasteiger partial charge < -0.3 is 0 Å². The minimum absolute atomic E-state index is 0.326. The standard InChI is InChI=1S/C9H12OS/c10-9(5-11)8-4-6-1-2-7(8)3-6/h1,7-8,11H,2-5H2. The summed E-state index contributed by atoms with van der Waals surface area (Å²) in [6, 6.07) is 0. The van der Waals surface area contributed by atoms with Crippen LogP contribution in [0.4, 0.5) is 0 Å². The summed E-state index contributed by atoms with van der Waals surface area (Å²) in [6.45, 7) is 0. The molecule has 2 aliphatic rings. The van der Waals surface area contributed by atoms with E-state index in [1.165, 1.54) is 12.0 Å². The van der Waals surface area contributed by atoms with E-state index in [1.807, 2.05) is 0 Å². The molecular weight excluding hydrogens is 156 g/mol. The van der Waals surface area contributed by atoms with Gasteiger partial charge in [0.25, 0.3) is 0 Å². The Bertz CT molecular complexity index is 220. The molecule has 2 unspecified atom stereocenters. The molecule has 60 valence electrons. The number of carbonyl (C=O) groups excluding carboxylic acids is 1. The van der Waals surface area contributed by atoms with E-state index < -0.39 is 0 Å². The maximum Gasteiger partial charge on any atom is 0.146 e. The first-order valence-electron chi connectivity index (χ1n) is 4.12. The van der Waals surface area contributed by atoms with Crippen LogP contribution in [0, 0.1) is 11.8 Å². The van der Waals surface area contributed by atoms with E-state index in [0.717, 1.165) is 12.8 Å². The molecule has 11 heavy (non-hydrogen) atoms. The average Bonchev–Trinajstić information content (AvgIpc) is 2.62. The van der Waals surface area contributed by atoms with Crippen LogP contribution in [0.5, 0.6) is 0 Å². The van der Waals surface area contributed by atoms with Gasteiger partial charge >= 0.3 is 0 Å². The highest BCUT2D eigenvalue weighted by molar-refractivity contribution is 7.81. The van der Waals surface area contributed by atoms with Crippen LogP contribution in [-0.2, 0) is 4.79 Å². The second kappa shape index (κ2) is 2.67. The van der Waals surface area contributed by atoms with E-state index in [2.05, 4.69) is 18.7 Å². The highest BCUT2D eigenvalue weighted by atomic mass is 32.1. The summed E-state index contributed by atoms with van der Waals surface area (Å²) < 4.78 is 0. The van der Waals surface area contributed by atoms with Crippen LogP contribution < -0.4 is 0 Å². The van der Waals surface area contributed by atoms with Gasteiger partial charge in [0.15, 0.2) is 0 Å². The predicted molar refractivity (Wildman–Crippen MR) is 47.8 cm³/mol. The third kappa shape index (κ3) is 1.13. The lowest BCUT2D eigenvalue weighted by atomic mass is 9.89. The number of rotatable bonds is 2. The second-order valence-corrected chi connectivity index (χ2v) is 3.81. The maximum atomic E-state index is 11.3. The molecule has 2 bridgehead atoms. The summed E-state index contributed by atoms with van der Waals surface area (Å²) in [5.41, 5.74) is 1.51. The monoisotopic (exact) mass is 168 g/mol. The fourth-order valence-corrected chi connectivity index (χ4v) is 2.47. The molecule has 0 aromatic rings. The normalized spacial score (nSPS) is 34.1. The van der Waals surface area contributed by atoms with Crippen molar-refractivity contribution in [1.82, 2.24) is 0 Å².